The fraction of sp³-hybridized carbons (Fsp3) is 0.583. The highest BCUT2D eigenvalue weighted by molar-refractivity contribution is 4.91. The van der Waals surface area contributed by atoms with Crippen LogP contribution in [0.2, 0.25) is 0 Å². The molecule has 0 saturated heterocycles. The van der Waals surface area contributed by atoms with E-state index in [1.54, 1.807) is 15.3 Å². The second-order valence-electron chi connectivity index (χ2n) is 4.62. The molecule has 0 aliphatic rings. The molecule has 0 saturated carbocycles. The van der Waals surface area contributed by atoms with E-state index >= 15 is 0 Å². The Morgan fingerprint density at radius 3 is 2.67 bits per heavy atom. The minimum Gasteiger partial charge on any atom is -0.299 e. The van der Waals surface area contributed by atoms with Crippen LogP contribution in [0.3, 0.4) is 0 Å². The zero-order chi connectivity index (χ0) is 13.1. The van der Waals surface area contributed by atoms with Gasteiger partial charge >= 0.3 is 5.69 Å². The van der Waals surface area contributed by atoms with Crippen LogP contribution in [0.25, 0.3) is 0 Å². The molecule has 2 aromatic rings. The van der Waals surface area contributed by atoms with E-state index in [9.17, 15) is 4.79 Å². The van der Waals surface area contributed by atoms with Gasteiger partial charge in [-0.3, -0.25) is 9.13 Å². The van der Waals surface area contributed by atoms with E-state index < -0.39 is 0 Å². The first-order chi connectivity index (χ1) is 8.63. The van der Waals surface area contributed by atoms with Crippen LogP contribution in [0.5, 0.6) is 0 Å². The second-order valence-corrected chi connectivity index (χ2v) is 4.62. The molecule has 0 radical (unpaired) electrons. The summed E-state index contributed by atoms with van der Waals surface area (Å²) in [6.45, 7) is 7.36. The summed E-state index contributed by atoms with van der Waals surface area (Å²) >= 11 is 0. The highest BCUT2D eigenvalue weighted by Crippen LogP contribution is 2.06. The van der Waals surface area contributed by atoms with Crippen molar-refractivity contribution in [3.05, 3.63) is 35.0 Å². The lowest BCUT2D eigenvalue weighted by Gasteiger charge is -2.09. The Balaban J connectivity index is 2.24. The van der Waals surface area contributed by atoms with Gasteiger partial charge in [-0.25, -0.2) is 14.5 Å². The molecule has 0 spiro atoms. The van der Waals surface area contributed by atoms with Gasteiger partial charge in [-0.15, -0.1) is 0 Å². The van der Waals surface area contributed by atoms with E-state index in [0.717, 1.165) is 18.8 Å². The maximum atomic E-state index is 12.0. The SMILES string of the molecule is CCCn1ccn(Cc2ncnn2C(C)C)c1=O. The predicted molar refractivity (Wildman–Crippen MR) is 68.5 cm³/mol. The van der Waals surface area contributed by atoms with Gasteiger partial charge in [0, 0.05) is 25.0 Å². The van der Waals surface area contributed by atoms with Gasteiger partial charge < -0.3 is 0 Å². The molecule has 0 aliphatic heterocycles. The minimum atomic E-state index is 0.00940. The Kier molecular flexibility index (Phi) is 3.64. The molecule has 0 aliphatic carbocycles. The Hall–Kier alpha value is -1.85. The summed E-state index contributed by atoms with van der Waals surface area (Å²) in [6, 6.07) is 0.246. The van der Waals surface area contributed by atoms with Crippen LogP contribution in [-0.2, 0) is 13.1 Å². The van der Waals surface area contributed by atoms with Gasteiger partial charge in [0.2, 0.25) is 0 Å². The van der Waals surface area contributed by atoms with Gasteiger partial charge in [-0.1, -0.05) is 6.92 Å². The third-order valence-electron chi connectivity index (χ3n) is 2.83. The van der Waals surface area contributed by atoms with Crippen LogP contribution in [0.4, 0.5) is 0 Å². The number of rotatable bonds is 5. The average Bonchev–Trinajstić information content (AvgIpc) is 2.91. The third-order valence-corrected chi connectivity index (χ3v) is 2.83. The topological polar surface area (TPSA) is 57.6 Å². The quantitative estimate of drug-likeness (QED) is 0.802. The molecule has 6 nitrogen and oxygen atoms in total. The van der Waals surface area contributed by atoms with Crippen molar-refractivity contribution in [2.75, 3.05) is 0 Å². The molecule has 2 rings (SSSR count). The van der Waals surface area contributed by atoms with Crippen molar-refractivity contribution >= 4 is 0 Å². The fourth-order valence-electron chi connectivity index (χ4n) is 1.96. The van der Waals surface area contributed by atoms with E-state index in [1.165, 1.54) is 6.33 Å². The van der Waals surface area contributed by atoms with Crippen LogP contribution in [-0.4, -0.2) is 23.9 Å². The predicted octanol–water partition coefficient (Wildman–Crippen LogP) is 1.28. The maximum Gasteiger partial charge on any atom is 0.328 e. The fourth-order valence-corrected chi connectivity index (χ4v) is 1.96. The second kappa shape index (κ2) is 5.20. The number of aryl methyl sites for hydroxylation is 1. The molecule has 98 valence electrons. The molecule has 18 heavy (non-hydrogen) atoms. The van der Waals surface area contributed by atoms with Gasteiger partial charge in [-0.05, 0) is 20.3 Å². The van der Waals surface area contributed by atoms with Crippen molar-refractivity contribution in [1.29, 1.82) is 0 Å². The van der Waals surface area contributed by atoms with Crippen molar-refractivity contribution in [2.24, 2.45) is 0 Å². The standard InChI is InChI=1S/C12H19N5O/c1-4-5-15-6-7-16(12(15)18)8-11-13-9-14-17(11)10(2)3/h6-7,9-10H,4-5,8H2,1-3H3. The lowest BCUT2D eigenvalue weighted by atomic mass is 10.4. The van der Waals surface area contributed by atoms with Crippen LogP contribution in [0.1, 0.15) is 39.1 Å². The van der Waals surface area contributed by atoms with Crippen molar-refractivity contribution in [3.8, 4) is 0 Å². The first-order valence-corrected chi connectivity index (χ1v) is 6.27. The molecular formula is C12H19N5O. The van der Waals surface area contributed by atoms with E-state index in [2.05, 4.69) is 17.0 Å². The first-order valence-electron chi connectivity index (χ1n) is 6.27. The average molecular weight is 249 g/mol. The molecule has 0 bridgehead atoms. The number of nitrogens with zero attached hydrogens (tertiary/aromatic N) is 5. The molecule has 0 N–H and O–H groups in total. The van der Waals surface area contributed by atoms with Crippen LogP contribution in [0, 0.1) is 0 Å². The van der Waals surface area contributed by atoms with E-state index in [-0.39, 0.29) is 11.7 Å². The number of imidazole rings is 1. The summed E-state index contributed by atoms with van der Waals surface area (Å²) in [7, 11) is 0. The Morgan fingerprint density at radius 1 is 1.28 bits per heavy atom. The monoisotopic (exact) mass is 249 g/mol. The lowest BCUT2D eigenvalue weighted by Crippen LogP contribution is -2.25. The summed E-state index contributed by atoms with van der Waals surface area (Å²) in [5.74, 6) is 0.807. The van der Waals surface area contributed by atoms with Gasteiger partial charge in [-0.2, -0.15) is 5.10 Å². The maximum absolute atomic E-state index is 12.0. The van der Waals surface area contributed by atoms with Crippen LogP contribution >= 0.6 is 0 Å². The normalized spacial score (nSPS) is 11.3. The van der Waals surface area contributed by atoms with Gasteiger partial charge in [0.05, 0.1) is 6.54 Å². The molecule has 2 heterocycles. The number of aromatic nitrogens is 5. The van der Waals surface area contributed by atoms with Crippen molar-refractivity contribution in [3.63, 3.8) is 0 Å². The third kappa shape index (κ3) is 2.37. The lowest BCUT2D eigenvalue weighted by molar-refractivity contribution is 0.492. The molecule has 0 atom stereocenters. The van der Waals surface area contributed by atoms with Crippen LogP contribution < -0.4 is 5.69 Å². The Bertz CT molecular complexity index is 563. The smallest absolute Gasteiger partial charge is 0.299 e. The summed E-state index contributed by atoms with van der Waals surface area (Å²) in [4.78, 5) is 16.2. The van der Waals surface area contributed by atoms with Crippen molar-refractivity contribution in [1.82, 2.24) is 23.9 Å². The Morgan fingerprint density at radius 2 is 2.00 bits per heavy atom. The van der Waals surface area contributed by atoms with E-state index in [0.29, 0.717) is 6.54 Å². The molecule has 2 aromatic heterocycles. The zero-order valence-electron chi connectivity index (χ0n) is 11.1. The first kappa shape index (κ1) is 12.6. The summed E-state index contributed by atoms with van der Waals surface area (Å²) in [5, 5.41) is 4.17. The molecule has 0 aromatic carbocycles. The highest BCUT2D eigenvalue weighted by Gasteiger charge is 2.10. The molecule has 0 amide bonds. The molecular weight excluding hydrogens is 230 g/mol. The summed E-state index contributed by atoms with van der Waals surface area (Å²) < 4.78 is 5.22. The van der Waals surface area contributed by atoms with Crippen LogP contribution in [0.15, 0.2) is 23.5 Å². The minimum absolute atomic E-state index is 0.00940. The summed E-state index contributed by atoms with van der Waals surface area (Å²) in [5.41, 5.74) is 0.00940. The van der Waals surface area contributed by atoms with E-state index in [4.69, 9.17) is 0 Å². The van der Waals surface area contributed by atoms with Gasteiger partial charge in [0.15, 0.2) is 0 Å². The molecule has 0 fully saturated rings. The highest BCUT2D eigenvalue weighted by atomic mass is 16.1. The van der Waals surface area contributed by atoms with Gasteiger partial charge in [0.25, 0.3) is 0 Å². The largest absolute Gasteiger partial charge is 0.328 e. The summed E-state index contributed by atoms with van der Waals surface area (Å²) in [6.07, 6.45) is 6.11. The van der Waals surface area contributed by atoms with Crippen molar-refractivity contribution < 1.29 is 0 Å². The van der Waals surface area contributed by atoms with E-state index in [1.807, 2.05) is 24.7 Å². The molecule has 6 heteroatoms. The Labute approximate surface area is 106 Å². The zero-order valence-corrected chi connectivity index (χ0v) is 11.1. The number of hydrogen-bond acceptors (Lipinski definition) is 3. The molecule has 0 unspecified atom stereocenters. The number of hydrogen-bond donors (Lipinski definition) is 0. The van der Waals surface area contributed by atoms with Crippen molar-refractivity contribution in [2.45, 2.75) is 46.3 Å². The van der Waals surface area contributed by atoms with Gasteiger partial charge in [0.1, 0.15) is 12.2 Å².